The van der Waals surface area contributed by atoms with Crippen molar-refractivity contribution in [2.75, 3.05) is 0 Å². The van der Waals surface area contributed by atoms with Gasteiger partial charge in [-0.05, 0) is 24.8 Å². The largest absolute Gasteiger partial charge is 0.481 e. The van der Waals surface area contributed by atoms with E-state index in [9.17, 15) is 24.3 Å². The number of nitrogens with zero attached hydrogens (tertiary/aromatic N) is 1. The minimum Gasteiger partial charge on any atom is -0.481 e. The lowest BCUT2D eigenvalue weighted by Gasteiger charge is -2.32. The molecule has 3 rings (SSSR count). The van der Waals surface area contributed by atoms with Gasteiger partial charge >= 0.3 is 11.9 Å². The molecule has 0 atom stereocenters. The van der Waals surface area contributed by atoms with Gasteiger partial charge in [-0.2, -0.15) is 0 Å². The molecular formula is C20H20N2O6. The normalized spacial score (nSPS) is 18.1. The summed E-state index contributed by atoms with van der Waals surface area (Å²) in [6.45, 7) is 0.398. The number of amides is 1. The predicted octanol–water partition coefficient (Wildman–Crippen LogP) is 1.38. The zero-order valence-electron chi connectivity index (χ0n) is 15.0. The van der Waals surface area contributed by atoms with Gasteiger partial charge in [0.2, 0.25) is 5.43 Å². The van der Waals surface area contributed by atoms with Crippen molar-refractivity contribution in [2.24, 2.45) is 5.92 Å². The van der Waals surface area contributed by atoms with Crippen molar-refractivity contribution in [3.63, 3.8) is 0 Å². The Balaban J connectivity index is 1.78. The van der Waals surface area contributed by atoms with Crippen LogP contribution in [0.5, 0.6) is 0 Å². The highest BCUT2D eigenvalue weighted by molar-refractivity contribution is 5.97. The van der Waals surface area contributed by atoms with Gasteiger partial charge in [-0.3, -0.25) is 14.4 Å². The van der Waals surface area contributed by atoms with Crippen LogP contribution in [0, 0.1) is 5.92 Å². The zero-order valence-corrected chi connectivity index (χ0v) is 15.0. The Labute approximate surface area is 160 Å². The van der Waals surface area contributed by atoms with Gasteiger partial charge in [-0.25, -0.2) is 4.79 Å². The maximum atomic E-state index is 12.5. The fraction of sp³-hybridized carbons (Fsp3) is 0.300. The van der Waals surface area contributed by atoms with E-state index in [-0.39, 0.29) is 11.6 Å². The first-order chi connectivity index (χ1) is 13.3. The highest BCUT2D eigenvalue weighted by atomic mass is 16.4. The highest BCUT2D eigenvalue weighted by Crippen LogP contribution is 2.27. The van der Waals surface area contributed by atoms with Gasteiger partial charge in [0.15, 0.2) is 0 Å². The van der Waals surface area contributed by atoms with E-state index >= 15 is 0 Å². The van der Waals surface area contributed by atoms with Crippen LogP contribution >= 0.6 is 0 Å². The quantitative estimate of drug-likeness (QED) is 0.662. The molecule has 2 aromatic rings. The molecule has 1 aliphatic carbocycles. The van der Waals surface area contributed by atoms with Gasteiger partial charge in [0.1, 0.15) is 11.1 Å². The third-order valence-electron chi connectivity index (χ3n) is 4.88. The lowest BCUT2D eigenvalue weighted by atomic mass is 9.80. The Hall–Kier alpha value is -3.42. The number of hydrogen-bond donors (Lipinski definition) is 3. The number of carboxylic acids is 2. The fourth-order valence-electron chi connectivity index (χ4n) is 3.18. The van der Waals surface area contributed by atoms with Crippen molar-refractivity contribution in [1.29, 1.82) is 0 Å². The van der Waals surface area contributed by atoms with Crippen LogP contribution in [0.1, 0.15) is 39.1 Å². The van der Waals surface area contributed by atoms with Crippen LogP contribution in [0.2, 0.25) is 0 Å². The van der Waals surface area contributed by atoms with E-state index in [1.54, 1.807) is 0 Å². The van der Waals surface area contributed by atoms with Gasteiger partial charge < -0.3 is 20.1 Å². The third-order valence-corrected chi connectivity index (χ3v) is 4.88. The molecule has 1 amide bonds. The Morgan fingerprint density at radius 3 is 2.29 bits per heavy atom. The van der Waals surface area contributed by atoms with Gasteiger partial charge in [-0.15, -0.1) is 0 Å². The van der Waals surface area contributed by atoms with Crippen LogP contribution in [0.25, 0.3) is 0 Å². The summed E-state index contributed by atoms with van der Waals surface area (Å²) in [5, 5.41) is 20.8. The van der Waals surface area contributed by atoms with Gasteiger partial charge in [0.25, 0.3) is 5.91 Å². The van der Waals surface area contributed by atoms with E-state index in [1.165, 1.54) is 17.0 Å². The number of aromatic nitrogens is 1. The zero-order chi connectivity index (χ0) is 20.3. The molecular weight excluding hydrogens is 364 g/mol. The number of nitrogens with one attached hydrogen (secondary N) is 1. The summed E-state index contributed by atoms with van der Waals surface area (Å²) >= 11 is 0. The topological polar surface area (TPSA) is 126 Å². The third kappa shape index (κ3) is 4.28. The van der Waals surface area contributed by atoms with Crippen LogP contribution in [-0.4, -0.2) is 38.7 Å². The number of carboxylic acid groups (broad SMARTS) is 2. The van der Waals surface area contributed by atoms with E-state index in [1.807, 2.05) is 30.3 Å². The van der Waals surface area contributed by atoms with E-state index in [0.29, 0.717) is 25.8 Å². The molecule has 8 heteroatoms. The number of carbonyl (C=O) groups is 3. The van der Waals surface area contributed by atoms with E-state index < -0.39 is 34.8 Å². The molecule has 1 aromatic heterocycles. The molecule has 8 nitrogen and oxygen atoms in total. The highest BCUT2D eigenvalue weighted by Gasteiger charge is 2.35. The van der Waals surface area contributed by atoms with Crippen molar-refractivity contribution < 1.29 is 24.6 Å². The number of hydrogen-bond acceptors (Lipinski definition) is 4. The molecule has 0 spiro atoms. The summed E-state index contributed by atoms with van der Waals surface area (Å²) in [6, 6.07) is 9.21. The molecule has 1 aliphatic rings. The van der Waals surface area contributed by atoms with Crippen LogP contribution in [-0.2, 0) is 17.8 Å². The molecule has 146 valence electrons. The van der Waals surface area contributed by atoms with Crippen molar-refractivity contribution >= 4 is 17.8 Å². The Kier molecular flexibility index (Phi) is 5.58. The van der Waals surface area contributed by atoms with E-state index in [2.05, 4.69) is 5.32 Å². The van der Waals surface area contributed by atoms with E-state index in [4.69, 9.17) is 5.11 Å². The van der Waals surface area contributed by atoms with Crippen molar-refractivity contribution in [1.82, 2.24) is 9.88 Å². The lowest BCUT2D eigenvalue weighted by molar-refractivity contribution is -0.145. The maximum absolute atomic E-state index is 12.5. The molecule has 1 heterocycles. The number of aromatic carboxylic acids is 1. The van der Waals surface area contributed by atoms with Crippen LogP contribution in [0.4, 0.5) is 0 Å². The molecule has 1 saturated carbocycles. The summed E-state index contributed by atoms with van der Waals surface area (Å²) in [7, 11) is 0. The van der Waals surface area contributed by atoms with Crippen molar-refractivity contribution in [2.45, 2.75) is 31.8 Å². The Bertz CT molecular complexity index is 960. The first-order valence-electron chi connectivity index (χ1n) is 8.90. The number of aliphatic carboxylic acids is 1. The summed E-state index contributed by atoms with van der Waals surface area (Å²) in [5.74, 6) is -3.50. The number of carbonyl (C=O) groups excluding carboxylic acids is 1. The van der Waals surface area contributed by atoms with Crippen LogP contribution < -0.4 is 10.7 Å². The Morgan fingerprint density at radius 2 is 1.68 bits per heavy atom. The predicted molar refractivity (Wildman–Crippen MR) is 99.4 cm³/mol. The van der Waals surface area contributed by atoms with Gasteiger partial charge in [-0.1, -0.05) is 30.3 Å². The van der Waals surface area contributed by atoms with Crippen LogP contribution in [0.3, 0.4) is 0 Å². The lowest BCUT2D eigenvalue weighted by Crippen LogP contribution is -2.47. The first kappa shape index (κ1) is 19.3. The minimum atomic E-state index is -1.40. The van der Waals surface area contributed by atoms with Crippen molar-refractivity contribution in [3.8, 4) is 0 Å². The summed E-state index contributed by atoms with van der Waals surface area (Å²) < 4.78 is 1.52. The van der Waals surface area contributed by atoms with E-state index in [0.717, 1.165) is 5.56 Å². The molecule has 0 saturated heterocycles. The SMILES string of the molecule is O=C(O)c1cn(CCc2ccccc2)cc(C(=O)NC2CC(C(=O)O)C2)c1=O. The standard InChI is InChI=1S/C20H20N2O6/c23-17-15(18(24)21-14-8-13(9-14)19(25)26)10-22(11-16(17)20(27)28)7-6-12-4-2-1-3-5-12/h1-5,10-11,13-14H,6-9H2,(H,21,24)(H,25,26)(H,27,28). The number of benzene rings is 1. The number of aryl methyl sites for hydroxylation is 2. The molecule has 3 N–H and O–H groups in total. The fourth-order valence-corrected chi connectivity index (χ4v) is 3.18. The summed E-state index contributed by atoms with van der Waals surface area (Å²) in [5.41, 5.74) is -0.544. The maximum Gasteiger partial charge on any atom is 0.341 e. The molecule has 0 aliphatic heterocycles. The average Bonchev–Trinajstić information content (AvgIpc) is 2.63. The monoisotopic (exact) mass is 384 g/mol. The first-order valence-corrected chi connectivity index (χ1v) is 8.90. The number of pyridine rings is 1. The molecule has 1 aromatic carbocycles. The molecule has 28 heavy (non-hydrogen) atoms. The number of rotatable bonds is 7. The summed E-state index contributed by atoms with van der Waals surface area (Å²) in [6.07, 6.45) is 3.77. The Morgan fingerprint density at radius 1 is 1.04 bits per heavy atom. The molecule has 0 unspecified atom stereocenters. The second-order valence-electron chi connectivity index (χ2n) is 6.87. The minimum absolute atomic E-state index is 0.258. The molecule has 0 radical (unpaired) electrons. The summed E-state index contributed by atoms with van der Waals surface area (Å²) in [4.78, 5) is 47.2. The average molecular weight is 384 g/mol. The smallest absolute Gasteiger partial charge is 0.341 e. The second-order valence-corrected chi connectivity index (χ2v) is 6.87. The molecule has 1 fully saturated rings. The van der Waals surface area contributed by atoms with Gasteiger partial charge in [0.05, 0.1) is 5.92 Å². The molecule has 0 bridgehead atoms. The van der Waals surface area contributed by atoms with Gasteiger partial charge in [0, 0.05) is 25.0 Å². The van der Waals surface area contributed by atoms with Crippen LogP contribution in [0.15, 0.2) is 47.5 Å². The second kappa shape index (κ2) is 8.08. The van der Waals surface area contributed by atoms with Crippen molar-refractivity contribution in [3.05, 3.63) is 69.6 Å².